The predicted octanol–water partition coefficient (Wildman–Crippen LogP) is 4.43. The van der Waals surface area contributed by atoms with Crippen molar-refractivity contribution >= 4 is 11.6 Å². The Morgan fingerprint density at radius 3 is 1.81 bits per heavy atom. The minimum absolute atomic E-state index is 0.491. The number of alkyl halides is 1. The molecule has 0 atom stereocenters. The smallest absolute Gasteiger partial charge is 0.0232 e. The summed E-state index contributed by atoms with van der Waals surface area (Å²) < 4.78 is 0. The van der Waals surface area contributed by atoms with Crippen LogP contribution in [0, 0.1) is 0 Å². The van der Waals surface area contributed by atoms with Gasteiger partial charge < -0.3 is 0 Å². The van der Waals surface area contributed by atoms with Crippen LogP contribution in [-0.2, 0) is 0 Å². The van der Waals surface area contributed by atoms with Gasteiger partial charge in [-0.25, -0.2) is 0 Å². The molecule has 0 spiro atoms. The van der Waals surface area contributed by atoms with Gasteiger partial charge >= 0.3 is 0 Å². The molecule has 0 saturated heterocycles. The maximum absolute atomic E-state index is 5.91. The molecule has 0 aromatic heterocycles. The molecule has 0 saturated carbocycles. The fourth-order valence-electron chi connectivity index (χ4n) is 2.68. The Labute approximate surface area is 101 Å². The second-order valence-electron chi connectivity index (χ2n) is 4.20. The zero-order valence-corrected chi connectivity index (χ0v) is 9.74. The van der Waals surface area contributed by atoms with Crippen LogP contribution in [-0.4, -0.2) is 5.88 Å². The molecule has 2 aromatic carbocycles. The largest absolute Gasteiger partial charge is 0.127 e. The van der Waals surface area contributed by atoms with Crippen LogP contribution in [0.15, 0.2) is 48.5 Å². The summed E-state index contributed by atoms with van der Waals surface area (Å²) in [6, 6.07) is 17.3. The lowest BCUT2D eigenvalue weighted by molar-refractivity contribution is 0.803. The van der Waals surface area contributed by atoms with E-state index in [1.165, 1.54) is 22.3 Å². The van der Waals surface area contributed by atoms with E-state index in [0.29, 0.717) is 11.8 Å². The van der Waals surface area contributed by atoms with Crippen molar-refractivity contribution in [1.82, 2.24) is 0 Å². The molecule has 0 unspecified atom stereocenters. The molecule has 0 aliphatic heterocycles. The van der Waals surface area contributed by atoms with E-state index in [0.717, 1.165) is 6.42 Å². The minimum Gasteiger partial charge on any atom is -0.127 e. The van der Waals surface area contributed by atoms with Gasteiger partial charge in [0.05, 0.1) is 0 Å². The number of benzene rings is 2. The highest BCUT2D eigenvalue weighted by Gasteiger charge is 2.26. The van der Waals surface area contributed by atoms with Crippen molar-refractivity contribution < 1.29 is 0 Å². The Kier molecular flexibility index (Phi) is 2.45. The molecule has 0 nitrogen and oxygen atoms in total. The van der Waals surface area contributed by atoms with Gasteiger partial charge in [-0.2, -0.15) is 0 Å². The summed E-state index contributed by atoms with van der Waals surface area (Å²) in [5.41, 5.74) is 5.63. The average Bonchev–Trinajstić information content (AvgIpc) is 2.66. The van der Waals surface area contributed by atoms with Gasteiger partial charge in [0.15, 0.2) is 0 Å². The van der Waals surface area contributed by atoms with Crippen LogP contribution >= 0.6 is 11.6 Å². The lowest BCUT2D eigenvalue weighted by Crippen LogP contribution is -1.96. The maximum atomic E-state index is 5.91. The molecule has 0 amide bonds. The molecule has 0 N–H and O–H groups in total. The van der Waals surface area contributed by atoms with E-state index in [9.17, 15) is 0 Å². The van der Waals surface area contributed by atoms with E-state index in [-0.39, 0.29) is 0 Å². The van der Waals surface area contributed by atoms with Gasteiger partial charge in [0.25, 0.3) is 0 Å². The molecule has 3 rings (SSSR count). The number of hydrogen-bond acceptors (Lipinski definition) is 0. The van der Waals surface area contributed by atoms with Crippen molar-refractivity contribution in [3.63, 3.8) is 0 Å². The second-order valence-corrected chi connectivity index (χ2v) is 4.58. The van der Waals surface area contributed by atoms with Crippen LogP contribution < -0.4 is 0 Å². The first-order valence-corrected chi connectivity index (χ1v) is 6.19. The Balaban J connectivity index is 2.21. The van der Waals surface area contributed by atoms with Crippen molar-refractivity contribution in [3.05, 3.63) is 59.7 Å². The van der Waals surface area contributed by atoms with Crippen LogP contribution in [0.1, 0.15) is 23.5 Å². The van der Waals surface area contributed by atoms with Gasteiger partial charge in [0.1, 0.15) is 0 Å². The molecule has 0 heterocycles. The summed E-state index contributed by atoms with van der Waals surface area (Å²) >= 11 is 5.91. The van der Waals surface area contributed by atoms with Crippen molar-refractivity contribution in [2.24, 2.45) is 0 Å². The third-order valence-corrected chi connectivity index (χ3v) is 3.58. The highest BCUT2D eigenvalue weighted by Crippen LogP contribution is 2.45. The molecule has 1 aliphatic carbocycles. The fourth-order valence-corrected chi connectivity index (χ4v) is 2.90. The monoisotopic (exact) mass is 228 g/mol. The molecule has 80 valence electrons. The molecular weight excluding hydrogens is 216 g/mol. The normalized spacial score (nSPS) is 13.6. The predicted molar refractivity (Wildman–Crippen MR) is 69.1 cm³/mol. The first-order chi connectivity index (χ1) is 7.92. The van der Waals surface area contributed by atoms with Crippen molar-refractivity contribution in [3.8, 4) is 11.1 Å². The van der Waals surface area contributed by atoms with Gasteiger partial charge in [0.2, 0.25) is 0 Å². The van der Waals surface area contributed by atoms with Crippen LogP contribution in [0.2, 0.25) is 0 Å². The lowest BCUT2D eigenvalue weighted by atomic mass is 9.94. The van der Waals surface area contributed by atoms with Gasteiger partial charge in [-0.3, -0.25) is 0 Å². The Bertz CT molecular complexity index is 471. The second kappa shape index (κ2) is 3.95. The minimum atomic E-state index is 0.491. The SMILES string of the molecule is ClCCC1c2ccccc2-c2ccccc21. The lowest BCUT2D eigenvalue weighted by Gasteiger charge is -2.10. The first kappa shape index (κ1) is 9.92. The van der Waals surface area contributed by atoms with E-state index in [2.05, 4.69) is 48.5 Å². The highest BCUT2D eigenvalue weighted by molar-refractivity contribution is 6.17. The van der Waals surface area contributed by atoms with Crippen LogP contribution in [0.4, 0.5) is 0 Å². The van der Waals surface area contributed by atoms with Gasteiger partial charge in [0, 0.05) is 11.8 Å². The summed E-state index contributed by atoms with van der Waals surface area (Å²) in [6.07, 6.45) is 1.02. The van der Waals surface area contributed by atoms with E-state index >= 15 is 0 Å². The summed E-state index contributed by atoms with van der Waals surface area (Å²) in [5.74, 6) is 1.21. The number of halogens is 1. The topological polar surface area (TPSA) is 0 Å². The molecule has 16 heavy (non-hydrogen) atoms. The summed E-state index contributed by atoms with van der Waals surface area (Å²) in [6.45, 7) is 0. The van der Waals surface area contributed by atoms with Crippen molar-refractivity contribution in [2.75, 3.05) is 5.88 Å². The zero-order valence-electron chi connectivity index (χ0n) is 8.99. The van der Waals surface area contributed by atoms with Crippen molar-refractivity contribution in [2.45, 2.75) is 12.3 Å². The molecule has 2 aromatic rings. The zero-order chi connectivity index (χ0) is 11.0. The van der Waals surface area contributed by atoms with E-state index in [1.54, 1.807) is 0 Å². The first-order valence-electron chi connectivity index (χ1n) is 5.66. The average molecular weight is 229 g/mol. The van der Waals surface area contributed by atoms with Gasteiger partial charge in [-0.05, 0) is 28.7 Å². The quantitative estimate of drug-likeness (QED) is 0.668. The number of hydrogen-bond donors (Lipinski definition) is 0. The standard InChI is InChI=1S/C15H13Cl/c16-10-9-15-13-7-3-1-5-11(13)12-6-2-4-8-14(12)15/h1-8,15H,9-10H2. The Morgan fingerprint density at radius 2 is 1.31 bits per heavy atom. The van der Waals surface area contributed by atoms with Gasteiger partial charge in [-0.15, -0.1) is 11.6 Å². The Morgan fingerprint density at radius 1 is 0.812 bits per heavy atom. The molecule has 1 aliphatic rings. The van der Waals surface area contributed by atoms with Crippen molar-refractivity contribution in [1.29, 1.82) is 0 Å². The van der Waals surface area contributed by atoms with Crippen LogP contribution in [0.3, 0.4) is 0 Å². The third kappa shape index (κ3) is 1.37. The maximum Gasteiger partial charge on any atom is 0.0232 e. The number of fused-ring (bicyclic) bond motifs is 3. The molecular formula is C15H13Cl. The molecule has 0 radical (unpaired) electrons. The molecule has 1 heteroatoms. The van der Waals surface area contributed by atoms with E-state index in [4.69, 9.17) is 11.6 Å². The summed E-state index contributed by atoms with van der Waals surface area (Å²) in [4.78, 5) is 0. The Hall–Kier alpha value is -1.27. The number of rotatable bonds is 2. The summed E-state index contributed by atoms with van der Waals surface area (Å²) in [7, 11) is 0. The molecule has 0 bridgehead atoms. The van der Waals surface area contributed by atoms with Crippen LogP contribution in [0.25, 0.3) is 11.1 Å². The van der Waals surface area contributed by atoms with Gasteiger partial charge in [-0.1, -0.05) is 48.5 Å². The molecule has 0 fully saturated rings. The van der Waals surface area contributed by atoms with E-state index in [1.807, 2.05) is 0 Å². The highest BCUT2D eigenvalue weighted by atomic mass is 35.5. The summed E-state index contributed by atoms with van der Waals surface area (Å²) in [5, 5.41) is 0. The third-order valence-electron chi connectivity index (χ3n) is 3.36. The van der Waals surface area contributed by atoms with Crippen LogP contribution in [0.5, 0.6) is 0 Å². The fraction of sp³-hybridized carbons (Fsp3) is 0.200. The van der Waals surface area contributed by atoms with E-state index < -0.39 is 0 Å².